The van der Waals surface area contributed by atoms with Crippen molar-refractivity contribution in [3.05, 3.63) is 0 Å². The van der Waals surface area contributed by atoms with Crippen LogP contribution >= 0.6 is 0 Å². The van der Waals surface area contributed by atoms with E-state index >= 15 is 0 Å². The van der Waals surface area contributed by atoms with Crippen LogP contribution < -0.4 is 10.2 Å². The topological polar surface area (TPSA) is 145 Å². The van der Waals surface area contributed by atoms with Crippen LogP contribution in [0.1, 0.15) is 60.3 Å². The maximum absolute atomic E-state index is 11.7. The lowest BCUT2D eigenvalue weighted by Gasteiger charge is -2.36. The van der Waals surface area contributed by atoms with Crippen LogP contribution in [0.5, 0.6) is 0 Å². The summed E-state index contributed by atoms with van der Waals surface area (Å²) in [4.78, 5) is 22.7. The lowest BCUT2D eigenvalue weighted by molar-refractivity contribution is -0.316. The fourth-order valence-corrected chi connectivity index (χ4v) is 2.15. The molecule has 0 radical (unpaired) electrons. The average Bonchev–Trinajstić information content (AvgIpc) is 2.43. The maximum atomic E-state index is 11.7. The van der Waals surface area contributed by atoms with Gasteiger partial charge in [-0.15, -0.1) is 0 Å². The first kappa shape index (κ1) is 22.5. The van der Waals surface area contributed by atoms with Crippen molar-refractivity contribution in [2.45, 2.75) is 83.6 Å². The summed E-state index contributed by atoms with van der Waals surface area (Å²) in [5.74, 6) is -3.54. The van der Waals surface area contributed by atoms with Gasteiger partial charge in [0.05, 0.1) is 24.1 Å². The molecule has 0 aromatic heterocycles. The molecule has 0 saturated carbocycles. The van der Waals surface area contributed by atoms with E-state index in [2.05, 4.69) is 10.2 Å². The van der Waals surface area contributed by atoms with E-state index in [4.69, 9.17) is 0 Å². The third kappa shape index (κ3) is 6.92. The average molecular weight is 344 g/mol. The van der Waals surface area contributed by atoms with E-state index in [9.17, 15) is 30.0 Å². The molecule has 8 heteroatoms. The Labute approximate surface area is 142 Å². The van der Waals surface area contributed by atoms with Gasteiger partial charge in [-0.25, -0.2) is 0 Å². The van der Waals surface area contributed by atoms with Gasteiger partial charge < -0.3 is 30.0 Å². The number of carboxylic acid groups (broad SMARTS) is 2. The van der Waals surface area contributed by atoms with Gasteiger partial charge in [-0.05, 0) is 66.2 Å². The van der Waals surface area contributed by atoms with Gasteiger partial charge in [0.2, 0.25) is 0 Å². The van der Waals surface area contributed by atoms with Crippen LogP contribution in [-0.2, 0) is 9.59 Å². The zero-order valence-corrected chi connectivity index (χ0v) is 15.0. The van der Waals surface area contributed by atoms with Crippen molar-refractivity contribution >= 4 is 11.9 Å². The Morgan fingerprint density at radius 2 is 1.29 bits per heavy atom. The number of nitrogens with zero attached hydrogens (tertiary/aromatic N) is 2. The molecule has 0 spiro atoms. The lowest BCUT2D eigenvalue weighted by atomic mass is 9.79. The van der Waals surface area contributed by atoms with E-state index in [0.717, 1.165) is 0 Å². The Morgan fingerprint density at radius 1 is 0.875 bits per heavy atom. The Balaban J connectivity index is 5.57. The molecule has 0 aliphatic heterocycles. The third-order valence-electron chi connectivity index (χ3n) is 4.08. The number of aliphatic hydroxyl groups excluding tert-OH is 2. The summed E-state index contributed by atoms with van der Waals surface area (Å²) in [6.45, 7) is 6.99. The minimum atomic E-state index is -1.77. The summed E-state index contributed by atoms with van der Waals surface area (Å²) in [6, 6.07) is 0. The molecule has 8 nitrogen and oxygen atoms in total. The van der Waals surface area contributed by atoms with Gasteiger partial charge in [0.25, 0.3) is 0 Å². The zero-order chi connectivity index (χ0) is 19.1. The van der Waals surface area contributed by atoms with Crippen molar-refractivity contribution in [2.75, 3.05) is 0 Å². The number of aliphatic hydroxyl groups is 2. The molecule has 0 heterocycles. The number of carbonyl (C=O) groups is 2. The van der Waals surface area contributed by atoms with Crippen LogP contribution in [-0.4, -0.2) is 45.4 Å². The minimum absolute atomic E-state index is 0.319. The second kappa shape index (κ2) is 9.08. The fraction of sp³-hybridized carbons (Fsp3) is 0.875. The Hall–Kier alpha value is -1.54. The first-order valence-electron chi connectivity index (χ1n) is 8.06. The number of aliphatic carboxylic acids is 2. The molecule has 2 N–H and O–H groups in total. The van der Waals surface area contributed by atoms with Crippen LogP contribution in [0.15, 0.2) is 10.2 Å². The van der Waals surface area contributed by atoms with Crippen molar-refractivity contribution in [2.24, 2.45) is 16.1 Å². The van der Waals surface area contributed by atoms with E-state index in [1.807, 2.05) is 0 Å². The zero-order valence-electron chi connectivity index (χ0n) is 15.0. The summed E-state index contributed by atoms with van der Waals surface area (Å²) in [6.07, 6.45) is 0.0713. The standard InChI is InChI=1S/C16H30N2O6/c1-10(19)6-8-12(9-7-11(2)20)16(5,14(23)24)18-17-15(3,4)13(21)22/h10-12,19-20H,6-9H2,1-5H3,(H,21,22)(H,23,24)/p-2. The molecule has 140 valence electrons. The quantitative estimate of drug-likeness (QED) is 0.479. The van der Waals surface area contributed by atoms with Gasteiger partial charge >= 0.3 is 0 Å². The van der Waals surface area contributed by atoms with E-state index in [-0.39, 0.29) is 0 Å². The minimum Gasteiger partial charge on any atom is -0.547 e. The Morgan fingerprint density at radius 3 is 1.58 bits per heavy atom. The predicted molar refractivity (Wildman–Crippen MR) is 82.7 cm³/mol. The van der Waals surface area contributed by atoms with Crippen molar-refractivity contribution in [1.29, 1.82) is 0 Å². The van der Waals surface area contributed by atoms with E-state index in [1.54, 1.807) is 13.8 Å². The molecule has 0 amide bonds. The van der Waals surface area contributed by atoms with Gasteiger partial charge in [0.15, 0.2) is 0 Å². The monoisotopic (exact) mass is 344 g/mol. The van der Waals surface area contributed by atoms with Gasteiger partial charge in [-0.2, -0.15) is 10.2 Å². The highest BCUT2D eigenvalue weighted by Gasteiger charge is 2.37. The highest BCUT2D eigenvalue weighted by atomic mass is 16.4. The van der Waals surface area contributed by atoms with Crippen LogP contribution in [0.3, 0.4) is 0 Å². The van der Waals surface area contributed by atoms with Gasteiger partial charge in [0, 0.05) is 0 Å². The Bertz CT molecular complexity index is 449. The molecule has 3 unspecified atom stereocenters. The van der Waals surface area contributed by atoms with Crippen LogP contribution in [0.25, 0.3) is 0 Å². The number of rotatable bonds is 11. The number of carbonyl (C=O) groups excluding carboxylic acids is 2. The molecule has 0 rings (SSSR count). The van der Waals surface area contributed by atoms with Crippen molar-refractivity contribution < 1.29 is 30.0 Å². The van der Waals surface area contributed by atoms with Gasteiger partial charge in [0.1, 0.15) is 11.1 Å². The normalized spacial score (nSPS) is 18.8. The number of azo groups is 1. The van der Waals surface area contributed by atoms with Crippen molar-refractivity contribution in [3.8, 4) is 0 Å². The van der Waals surface area contributed by atoms with Crippen molar-refractivity contribution in [3.63, 3.8) is 0 Å². The summed E-state index contributed by atoms with van der Waals surface area (Å²) in [5, 5.41) is 49.0. The lowest BCUT2D eigenvalue weighted by Crippen LogP contribution is -2.51. The largest absolute Gasteiger partial charge is 0.547 e. The molecule has 0 saturated heterocycles. The van der Waals surface area contributed by atoms with Crippen LogP contribution in [0.4, 0.5) is 0 Å². The summed E-state index contributed by atoms with van der Waals surface area (Å²) in [5.41, 5.74) is -3.44. The number of hydrogen-bond donors (Lipinski definition) is 2. The van der Waals surface area contributed by atoms with E-state index in [0.29, 0.717) is 25.7 Å². The highest BCUT2D eigenvalue weighted by Crippen LogP contribution is 2.32. The van der Waals surface area contributed by atoms with Crippen LogP contribution in [0, 0.1) is 5.92 Å². The summed E-state index contributed by atoms with van der Waals surface area (Å²) >= 11 is 0. The number of hydrogen-bond acceptors (Lipinski definition) is 8. The molecule has 0 bridgehead atoms. The molecule has 0 fully saturated rings. The molecular formula is C16H28N2O6-2. The smallest absolute Gasteiger partial charge is 0.121 e. The van der Waals surface area contributed by atoms with Gasteiger partial charge in [-0.3, -0.25) is 0 Å². The predicted octanol–water partition coefficient (Wildman–Crippen LogP) is -0.586. The third-order valence-corrected chi connectivity index (χ3v) is 4.08. The SMILES string of the molecule is CC(O)CCC(CCC(C)O)C(C)(N=NC(C)(C)C(=O)[O-])C(=O)[O-]. The number of carboxylic acids is 2. The van der Waals surface area contributed by atoms with Gasteiger partial charge in [-0.1, -0.05) is 0 Å². The maximum Gasteiger partial charge on any atom is 0.121 e. The van der Waals surface area contributed by atoms with E-state index < -0.39 is 41.1 Å². The molecule has 24 heavy (non-hydrogen) atoms. The summed E-state index contributed by atoms with van der Waals surface area (Å²) < 4.78 is 0. The second-order valence-electron chi connectivity index (χ2n) is 7.03. The molecule has 0 aliphatic carbocycles. The molecule has 0 aromatic rings. The van der Waals surface area contributed by atoms with E-state index in [1.165, 1.54) is 20.8 Å². The first-order chi connectivity index (χ1) is 10.8. The molecule has 0 aromatic carbocycles. The van der Waals surface area contributed by atoms with Crippen molar-refractivity contribution in [1.82, 2.24) is 0 Å². The summed E-state index contributed by atoms with van der Waals surface area (Å²) in [7, 11) is 0. The Kier molecular flexibility index (Phi) is 8.49. The highest BCUT2D eigenvalue weighted by molar-refractivity contribution is 5.77. The second-order valence-corrected chi connectivity index (χ2v) is 7.03. The van der Waals surface area contributed by atoms with Crippen LogP contribution in [0.2, 0.25) is 0 Å². The fourth-order valence-electron chi connectivity index (χ4n) is 2.15. The molecule has 3 atom stereocenters. The first-order valence-corrected chi connectivity index (χ1v) is 8.06. The molecular weight excluding hydrogens is 316 g/mol. The molecule has 0 aliphatic rings.